The maximum atomic E-state index is 13.2. The van der Waals surface area contributed by atoms with E-state index < -0.39 is 0 Å². The maximum absolute atomic E-state index is 13.2. The molecule has 2 bridgehead atoms. The van der Waals surface area contributed by atoms with E-state index in [1.807, 2.05) is 0 Å². The Hall–Kier alpha value is -1.37. The summed E-state index contributed by atoms with van der Waals surface area (Å²) in [5, 5.41) is 0. The minimum atomic E-state index is 0.259. The Labute approximate surface area is 139 Å². The van der Waals surface area contributed by atoms with Crippen LogP contribution in [0, 0.1) is 17.3 Å². The van der Waals surface area contributed by atoms with E-state index in [-0.39, 0.29) is 5.41 Å². The van der Waals surface area contributed by atoms with Crippen molar-refractivity contribution in [1.29, 1.82) is 0 Å². The number of carbonyl (C=O) groups excluding carboxylic acids is 1. The molecular formula is C22H26O. The van der Waals surface area contributed by atoms with Crippen LogP contribution in [0.25, 0.3) is 0 Å². The number of fused-ring (bicyclic) bond motifs is 4. The SMILES string of the molecule is O=C1CC2(Cc3cccc(C4CCCCC4)c31)CC1C=CC2C1. The molecular weight excluding hydrogens is 280 g/mol. The number of allylic oxidation sites excluding steroid dienone is 2. The van der Waals surface area contributed by atoms with E-state index in [0.717, 1.165) is 24.3 Å². The summed E-state index contributed by atoms with van der Waals surface area (Å²) in [6.45, 7) is 0. The van der Waals surface area contributed by atoms with Gasteiger partial charge >= 0.3 is 0 Å². The molecule has 3 atom stereocenters. The van der Waals surface area contributed by atoms with Gasteiger partial charge in [-0.25, -0.2) is 0 Å². The Morgan fingerprint density at radius 1 is 1.00 bits per heavy atom. The molecule has 0 amide bonds. The Balaban J connectivity index is 1.54. The van der Waals surface area contributed by atoms with E-state index in [1.54, 1.807) is 0 Å². The third kappa shape index (κ3) is 2.08. The van der Waals surface area contributed by atoms with E-state index in [9.17, 15) is 4.79 Å². The number of hydrogen-bond acceptors (Lipinski definition) is 1. The molecule has 2 fully saturated rings. The molecule has 1 aromatic rings. The summed E-state index contributed by atoms with van der Waals surface area (Å²) in [5.41, 5.74) is 4.15. The van der Waals surface area contributed by atoms with Crippen molar-refractivity contribution in [3.63, 3.8) is 0 Å². The molecule has 120 valence electrons. The zero-order chi connectivity index (χ0) is 15.4. The molecule has 3 unspecified atom stereocenters. The summed E-state index contributed by atoms with van der Waals surface area (Å²) in [7, 11) is 0. The summed E-state index contributed by atoms with van der Waals surface area (Å²) >= 11 is 0. The van der Waals surface area contributed by atoms with E-state index in [4.69, 9.17) is 0 Å². The summed E-state index contributed by atoms with van der Waals surface area (Å²) in [6, 6.07) is 6.72. The van der Waals surface area contributed by atoms with Crippen LogP contribution in [0.2, 0.25) is 0 Å². The molecule has 23 heavy (non-hydrogen) atoms. The second-order valence-electron chi connectivity index (χ2n) is 8.55. The average Bonchev–Trinajstić information content (AvgIpc) is 3.16. The van der Waals surface area contributed by atoms with Crippen molar-refractivity contribution >= 4 is 5.78 Å². The standard InChI is InChI=1S/C22H26O/c23-20-14-22(12-15-9-10-18(22)11-15)13-17-7-4-8-19(21(17)20)16-5-2-1-3-6-16/h4,7-10,15-16,18H,1-3,5-6,11-14H2. The predicted octanol–water partition coefficient (Wildman–Crippen LogP) is 5.45. The van der Waals surface area contributed by atoms with Gasteiger partial charge < -0.3 is 0 Å². The number of Topliss-reactive ketones (excluding diaryl/α,β-unsaturated/α-hetero) is 1. The molecule has 0 aliphatic heterocycles. The highest BCUT2D eigenvalue weighted by Gasteiger charge is 2.51. The van der Waals surface area contributed by atoms with Crippen LogP contribution in [0.5, 0.6) is 0 Å². The summed E-state index contributed by atoms with van der Waals surface area (Å²) in [5.74, 6) is 2.49. The van der Waals surface area contributed by atoms with Crippen LogP contribution in [0.3, 0.4) is 0 Å². The molecule has 4 aliphatic carbocycles. The fourth-order valence-corrected chi connectivity index (χ4v) is 6.17. The normalized spacial score (nSPS) is 35.9. The Bertz CT molecular complexity index is 679. The summed E-state index contributed by atoms with van der Waals surface area (Å²) in [6.07, 6.45) is 15.9. The van der Waals surface area contributed by atoms with E-state index in [2.05, 4.69) is 30.4 Å². The second kappa shape index (κ2) is 5.06. The average molecular weight is 306 g/mol. The first-order valence-corrected chi connectivity index (χ1v) is 9.58. The smallest absolute Gasteiger partial charge is 0.164 e. The monoisotopic (exact) mass is 306 g/mol. The van der Waals surface area contributed by atoms with Gasteiger partial charge in [0.05, 0.1) is 0 Å². The van der Waals surface area contributed by atoms with Crippen molar-refractivity contribution in [3.05, 3.63) is 47.0 Å². The number of benzene rings is 1. The van der Waals surface area contributed by atoms with Gasteiger partial charge in [-0.1, -0.05) is 49.6 Å². The zero-order valence-corrected chi connectivity index (χ0v) is 13.9. The van der Waals surface area contributed by atoms with Crippen molar-refractivity contribution in [2.24, 2.45) is 17.3 Å². The highest BCUT2D eigenvalue weighted by atomic mass is 16.1. The quantitative estimate of drug-likeness (QED) is 0.631. The maximum Gasteiger partial charge on any atom is 0.164 e. The Morgan fingerprint density at radius 2 is 1.87 bits per heavy atom. The van der Waals surface area contributed by atoms with Gasteiger partial charge in [-0.3, -0.25) is 4.79 Å². The lowest BCUT2D eigenvalue weighted by Gasteiger charge is -2.40. The molecule has 4 aliphatic rings. The molecule has 5 rings (SSSR count). The van der Waals surface area contributed by atoms with Crippen molar-refractivity contribution in [2.45, 2.75) is 63.7 Å². The van der Waals surface area contributed by atoms with Crippen LogP contribution >= 0.6 is 0 Å². The van der Waals surface area contributed by atoms with Gasteiger partial charge in [0.15, 0.2) is 5.78 Å². The minimum Gasteiger partial charge on any atom is -0.294 e. The molecule has 1 nitrogen and oxygen atoms in total. The number of rotatable bonds is 1. The van der Waals surface area contributed by atoms with Crippen LogP contribution in [0.4, 0.5) is 0 Å². The van der Waals surface area contributed by atoms with Crippen molar-refractivity contribution < 1.29 is 4.79 Å². The van der Waals surface area contributed by atoms with Crippen LogP contribution in [0.15, 0.2) is 30.4 Å². The van der Waals surface area contributed by atoms with Gasteiger partial charge in [0, 0.05) is 12.0 Å². The van der Waals surface area contributed by atoms with Gasteiger partial charge in [0.1, 0.15) is 0 Å². The topological polar surface area (TPSA) is 17.1 Å². The summed E-state index contributed by atoms with van der Waals surface area (Å²) < 4.78 is 0. The van der Waals surface area contributed by atoms with Crippen LogP contribution < -0.4 is 0 Å². The molecule has 2 saturated carbocycles. The highest BCUT2D eigenvalue weighted by molar-refractivity contribution is 6.00. The number of ketones is 1. The first kappa shape index (κ1) is 14.0. The molecule has 0 aromatic heterocycles. The lowest BCUT2D eigenvalue weighted by Crippen LogP contribution is -2.36. The van der Waals surface area contributed by atoms with Crippen LogP contribution in [0.1, 0.15) is 78.8 Å². The van der Waals surface area contributed by atoms with Crippen molar-refractivity contribution in [3.8, 4) is 0 Å². The number of hydrogen-bond donors (Lipinski definition) is 0. The van der Waals surface area contributed by atoms with Gasteiger partial charge in [-0.2, -0.15) is 0 Å². The third-order valence-electron chi connectivity index (χ3n) is 7.19. The first-order chi connectivity index (χ1) is 11.3. The fraction of sp³-hybridized carbons (Fsp3) is 0.591. The molecule has 0 heterocycles. The molecule has 0 radical (unpaired) electrons. The Morgan fingerprint density at radius 3 is 2.61 bits per heavy atom. The van der Waals surface area contributed by atoms with Gasteiger partial charge in [0.2, 0.25) is 0 Å². The molecule has 1 aromatic carbocycles. The van der Waals surface area contributed by atoms with E-state index >= 15 is 0 Å². The molecule has 0 N–H and O–H groups in total. The van der Waals surface area contributed by atoms with Crippen LogP contribution in [-0.4, -0.2) is 5.78 Å². The van der Waals surface area contributed by atoms with Gasteiger partial charge in [-0.05, 0) is 66.4 Å². The zero-order valence-electron chi connectivity index (χ0n) is 13.9. The third-order valence-corrected chi connectivity index (χ3v) is 7.19. The molecule has 1 heteroatoms. The van der Waals surface area contributed by atoms with Crippen molar-refractivity contribution in [1.82, 2.24) is 0 Å². The summed E-state index contributed by atoms with van der Waals surface area (Å²) in [4.78, 5) is 13.2. The molecule has 0 saturated heterocycles. The lowest BCUT2D eigenvalue weighted by molar-refractivity contribution is 0.0846. The van der Waals surface area contributed by atoms with E-state index in [1.165, 1.54) is 56.1 Å². The number of carbonyl (C=O) groups is 1. The molecule has 1 spiro atoms. The highest BCUT2D eigenvalue weighted by Crippen LogP contribution is 2.58. The van der Waals surface area contributed by atoms with Gasteiger partial charge in [-0.15, -0.1) is 0 Å². The van der Waals surface area contributed by atoms with Crippen LogP contribution in [-0.2, 0) is 6.42 Å². The Kier molecular flexibility index (Phi) is 3.08. The lowest BCUT2D eigenvalue weighted by atomic mass is 9.63. The largest absolute Gasteiger partial charge is 0.294 e. The second-order valence-corrected chi connectivity index (χ2v) is 8.55. The fourth-order valence-electron chi connectivity index (χ4n) is 6.17. The first-order valence-electron chi connectivity index (χ1n) is 9.58. The van der Waals surface area contributed by atoms with E-state index in [0.29, 0.717) is 17.6 Å². The predicted molar refractivity (Wildman–Crippen MR) is 92.7 cm³/mol. The van der Waals surface area contributed by atoms with Gasteiger partial charge in [0.25, 0.3) is 0 Å². The minimum absolute atomic E-state index is 0.259. The van der Waals surface area contributed by atoms with Crippen molar-refractivity contribution in [2.75, 3.05) is 0 Å².